The molecule has 1 heterocycles. The second-order valence-corrected chi connectivity index (χ2v) is 8.32. The maximum atomic E-state index is 12.9. The van der Waals surface area contributed by atoms with Crippen molar-refractivity contribution >= 4 is 45.9 Å². The molecule has 0 atom stereocenters. The Labute approximate surface area is 173 Å². The van der Waals surface area contributed by atoms with Gasteiger partial charge in [0.15, 0.2) is 5.16 Å². The highest BCUT2D eigenvalue weighted by atomic mass is 35.5. The van der Waals surface area contributed by atoms with Crippen molar-refractivity contribution in [3.8, 4) is 0 Å². The summed E-state index contributed by atoms with van der Waals surface area (Å²) in [5, 5.41) is 4.62. The summed E-state index contributed by atoms with van der Waals surface area (Å²) >= 11 is 7.37. The van der Waals surface area contributed by atoms with Gasteiger partial charge in [0, 0.05) is 17.3 Å². The molecule has 0 fully saturated rings. The monoisotopic (exact) mass is 415 g/mol. The SMILES string of the molecule is Cc1c(Cl)cccc1NC(=O)CSc1nc2ccccc2c(=O)n1CC(C)C. The smallest absolute Gasteiger partial charge is 0.262 e. The summed E-state index contributed by atoms with van der Waals surface area (Å²) in [6.07, 6.45) is 0. The van der Waals surface area contributed by atoms with Gasteiger partial charge in [-0.1, -0.05) is 55.4 Å². The van der Waals surface area contributed by atoms with Gasteiger partial charge in [0.1, 0.15) is 0 Å². The van der Waals surface area contributed by atoms with E-state index in [1.165, 1.54) is 11.8 Å². The minimum absolute atomic E-state index is 0.0760. The molecule has 0 aliphatic carbocycles. The highest BCUT2D eigenvalue weighted by molar-refractivity contribution is 7.99. The molecule has 0 unspecified atom stereocenters. The van der Waals surface area contributed by atoms with Crippen LogP contribution in [0.3, 0.4) is 0 Å². The molecule has 5 nitrogen and oxygen atoms in total. The van der Waals surface area contributed by atoms with Crippen molar-refractivity contribution in [1.29, 1.82) is 0 Å². The molecule has 0 saturated carbocycles. The Morgan fingerprint density at radius 2 is 1.96 bits per heavy atom. The van der Waals surface area contributed by atoms with Crippen molar-refractivity contribution in [2.75, 3.05) is 11.1 Å². The molecule has 0 bridgehead atoms. The van der Waals surface area contributed by atoms with E-state index in [0.717, 1.165) is 5.56 Å². The average molecular weight is 416 g/mol. The third-order valence-electron chi connectivity index (χ3n) is 4.25. The van der Waals surface area contributed by atoms with Crippen molar-refractivity contribution < 1.29 is 4.79 Å². The lowest BCUT2D eigenvalue weighted by atomic mass is 10.2. The Balaban J connectivity index is 1.84. The molecule has 0 spiro atoms. The number of nitrogens with one attached hydrogen (secondary N) is 1. The second-order valence-electron chi connectivity index (χ2n) is 6.97. The first-order chi connectivity index (χ1) is 13.4. The van der Waals surface area contributed by atoms with Crippen molar-refractivity contribution in [2.45, 2.75) is 32.5 Å². The minimum atomic E-state index is -0.172. The van der Waals surface area contributed by atoms with Crippen molar-refractivity contribution in [2.24, 2.45) is 5.92 Å². The molecule has 3 rings (SSSR count). The number of hydrogen-bond donors (Lipinski definition) is 1. The number of thioether (sulfide) groups is 1. The van der Waals surface area contributed by atoms with E-state index in [-0.39, 0.29) is 23.1 Å². The molecule has 7 heteroatoms. The summed E-state index contributed by atoms with van der Waals surface area (Å²) < 4.78 is 1.66. The van der Waals surface area contributed by atoms with Gasteiger partial charge in [0.05, 0.1) is 16.7 Å². The number of nitrogens with zero attached hydrogens (tertiary/aromatic N) is 2. The molecule has 0 aliphatic heterocycles. The van der Waals surface area contributed by atoms with Crippen LogP contribution in [-0.4, -0.2) is 21.2 Å². The summed E-state index contributed by atoms with van der Waals surface area (Å²) in [5.41, 5.74) is 2.07. The van der Waals surface area contributed by atoms with E-state index < -0.39 is 0 Å². The lowest BCUT2D eigenvalue weighted by Crippen LogP contribution is -2.26. The number of halogens is 1. The predicted molar refractivity (Wildman–Crippen MR) is 116 cm³/mol. The van der Waals surface area contributed by atoms with E-state index in [1.54, 1.807) is 22.8 Å². The average Bonchev–Trinajstić information content (AvgIpc) is 2.66. The molecule has 0 aliphatic rings. The van der Waals surface area contributed by atoms with E-state index in [2.05, 4.69) is 10.3 Å². The zero-order valence-electron chi connectivity index (χ0n) is 16.0. The van der Waals surface area contributed by atoms with Gasteiger partial charge >= 0.3 is 0 Å². The fourth-order valence-electron chi connectivity index (χ4n) is 2.84. The van der Waals surface area contributed by atoms with Crippen LogP contribution in [-0.2, 0) is 11.3 Å². The molecule has 0 radical (unpaired) electrons. The molecular weight excluding hydrogens is 394 g/mol. The first-order valence-corrected chi connectivity index (χ1v) is 10.4. The third-order valence-corrected chi connectivity index (χ3v) is 5.63. The standard InChI is InChI=1S/C21H22ClN3O2S/c1-13(2)11-25-20(27)15-7-4-5-9-18(15)24-21(25)28-12-19(26)23-17-10-6-8-16(22)14(17)3/h4-10,13H,11-12H2,1-3H3,(H,23,26). The van der Waals surface area contributed by atoms with Gasteiger partial charge in [-0.2, -0.15) is 0 Å². The normalized spacial score (nSPS) is 11.2. The third kappa shape index (κ3) is 4.56. The topological polar surface area (TPSA) is 64.0 Å². The lowest BCUT2D eigenvalue weighted by Gasteiger charge is -2.15. The van der Waals surface area contributed by atoms with Crippen molar-refractivity contribution in [3.63, 3.8) is 0 Å². The Morgan fingerprint density at radius 1 is 1.21 bits per heavy atom. The summed E-state index contributed by atoms with van der Waals surface area (Å²) in [7, 11) is 0. The summed E-state index contributed by atoms with van der Waals surface area (Å²) in [6, 6.07) is 12.7. The first-order valence-electron chi connectivity index (χ1n) is 9.04. The molecule has 3 aromatic rings. The van der Waals surface area contributed by atoms with E-state index in [4.69, 9.17) is 11.6 Å². The number of amides is 1. The number of fused-ring (bicyclic) bond motifs is 1. The maximum Gasteiger partial charge on any atom is 0.262 e. The summed E-state index contributed by atoms with van der Waals surface area (Å²) in [5.74, 6) is 0.256. The zero-order valence-corrected chi connectivity index (χ0v) is 17.6. The number of carbonyl (C=O) groups is 1. The number of para-hydroxylation sites is 1. The van der Waals surface area contributed by atoms with Crippen LogP contribution in [0.25, 0.3) is 10.9 Å². The van der Waals surface area contributed by atoms with Crippen LogP contribution in [0.1, 0.15) is 19.4 Å². The number of rotatable bonds is 6. The van der Waals surface area contributed by atoms with Gasteiger partial charge in [0.2, 0.25) is 5.91 Å². The van der Waals surface area contributed by atoms with Crippen molar-refractivity contribution in [3.05, 3.63) is 63.4 Å². The summed E-state index contributed by atoms with van der Waals surface area (Å²) in [6.45, 7) is 6.50. The van der Waals surface area contributed by atoms with Gasteiger partial charge in [-0.25, -0.2) is 4.98 Å². The molecule has 1 N–H and O–H groups in total. The van der Waals surface area contributed by atoms with Crippen molar-refractivity contribution in [1.82, 2.24) is 9.55 Å². The molecule has 28 heavy (non-hydrogen) atoms. The van der Waals surface area contributed by atoms with Gasteiger partial charge in [0.25, 0.3) is 5.56 Å². The zero-order chi connectivity index (χ0) is 20.3. The second kappa shape index (κ2) is 8.80. The molecule has 1 amide bonds. The largest absolute Gasteiger partial charge is 0.325 e. The van der Waals surface area contributed by atoms with E-state index in [9.17, 15) is 9.59 Å². The number of carbonyl (C=O) groups excluding carboxylic acids is 1. The maximum absolute atomic E-state index is 12.9. The molecule has 1 aromatic heterocycles. The predicted octanol–water partition coefficient (Wildman–Crippen LogP) is 4.75. The van der Waals surface area contributed by atoms with Crippen LogP contribution in [0.4, 0.5) is 5.69 Å². The molecule has 2 aromatic carbocycles. The van der Waals surface area contributed by atoms with Gasteiger partial charge in [-0.05, 0) is 42.7 Å². The van der Waals surface area contributed by atoms with Gasteiger partial charge in [-0.15, -0.1) is 0 Å². The van der Waals surface area contributed by atoms with Gasteiger partial charge in [-0.3, -0.25) is 14.2 Å². The van der Waals surface area contributed by atoms with Crippen LogP contribution >= 0.6 is 23.4 Å². The fourth-order valence-corrected chi connectivity index (χ4v) is 3.83. The number of aromatic nitrogens is 2. The van der Waals surface area contributed by atoms with E-state index in [0.29, 0.717) is 33.3 Å². The van der Waals surface area contributed by atoms with E-state index >= 15 is 0 Å². The number of anilines is 1. The quantitative estimate of drug-likeness (QED) is 0.466. The Bertz CT molecular complexity index is 1080. The van der Waals surface area contributed by atoms with Crippen LogP contribution < -0.4 is 10.9 Å². The molecule has 146 valence electrons. The Kier molecular flexibility index (Phi) is 6.42. The molecule has 0 saturated heterocycles. The van der Waals surface area contributed by atoms with E-state index in [1.807, 2.05) is 45.0 Å². The van der Waals surface area contributed by atoms with Gasteiger partial charge < -0.3 is 5.32 Å². The summed E-state index contributed by atoms with van der Waals surface area (Å²) in [4.78, 5) is 30.0. The first kappa shape index (κ1) is 20.4. The lowest BCUT2D eigenvalue weighted by molar-refractivity contribution is -0.113. The fraction of sp³-hybridized carbons (Fsp3) is 0.286. The number of hydrogen-bond acceptors (Lipinski definition) is 4. The highest BCUT2D eigenvalue weighted by Gasteiger charge is 2.15. The molecular formula is C21H22ClN3O2S. The highest BCUT2D eigenvalue weighted by Crippen LogP contribution is 2.24. The van der Waals surface area contributed by atoms with Crippen LogP contribution in [0.5, 0.6) is 0 Å². The number of benzene rings is 2. The van der Waals surface area contributed by atoms with Crippen LogP contribution in [0.2, 0.25) is 5.02 Å². The van der Waals surface area contributed by atoms with Crippen LogP contribution in [0.15, 0.2) is 52.4 Å². The van der Waals surface area contributed by atoms with Crippen LogP contribution in [0, 0.1) is 12.8 Å². The minimum Gasteiger partial charge on any atom is -0.325 e. The Morgan fingerprint density at radius 3 is 2.71 bits per heavy atom. The Hall–Kier alpha value is -2.31.